The van der Waals surface area contributed by atoms with Gasteiger partial charge in [-0.05, 0) is 38.1 Å². The molecule has 0 spiro atoms. The van der Waals surface area contributed by atoms with Crippen LogP contribution in [0.5, 0.6) is 0 Å². The van der Waals surface area contributed by atoms with Crippen LogP contribution in [-0.4, -0.2) is 36.6 Å². The topological polar surface area (TPSA) is 42.4 Å². The fraction of sp³-hybridized carbons (Fsp3) is 0.538. The van der Waals surface area contributed by atoms with Gasteiger partial charge in [0.25, 0.3) is 0 Å². The van der Waals surface area contributed by atoms with Crippen LogP contribution in [0.4, 0.5) is 0 Å². The first-order chi connectivity index (χ1) is 8.11. The molecule has 0 unspecified atom stereocenters. The second kappa shape index (κ2) is 7.01. The van der Waals surface area contributed by atoms with Gasteiger partial charge in [-0.3, -0.25) is 9.78 Å². The number of rotatable bonds is 6. The van der Waals surface area contributed by atoms with Crippen LogP contribution in [0.2, 0.25) is 0 Å². The highest BCUT2D eigenvalue weighted by atomic mass is 16.5. The molecule has 0 aliphatic carbocycles. The molecule has 0 aromatic carbocycles. The summed E-state index contributed by atoms with van der Waals surface area (Å²) in [6.45, 7) is 3.77. The highest BCUT2D eigenvalue weighted by Crippen LogP contribution is 2.05. The molecule has 0 saturated heterocycles. The van der Waals surface area contributed by atoms with E-state index in [4.69, 9.17) is 0 Å². The van der Waals surface area contributed by atoms with Gasteiger partial charge in [-0.1, -0.05) is 6.07 Å². The molecule has 94 valence electrons. The lowest BCUT2D eigenvalue weighted by atomic mass is 10.2. The SMILES string of the molecule is COC(=O)CCCN(C)Cc1cncc(C)c1. The fourth-order valence-electron chi connectivity index (χ4n) is 1.69. The average molecular weight is 236 g/mol. The molecule has 0 amide bonds. The lowest BCUT2D eigenvalue weighted by Crippen LogP contribution is -2.20. The van der Waals surface area contributed by atoms with Crippen LogP contribution < -0.4 is 0 Å². The maximum absolute atomic E-state index is 10.9. The third-order valence-electron chi connectivity index (χ3n) is 2.53. The van der Waals surface area contributed by atoms with Crippen molar-refractivity contribution in [2.45, 2.75) is 26.3 Å². The summed E-state index contributed by atoms with van der Waals surface area (Å²) >= 11 is 0. The Balaban J connectivity index is 2.29. The van der Waals surface area contributed by atoms with E-state index in [2.05, 4.69) is 20.7 Å². The summed E-state index contributed by atoms with van der Waals surface area (Å²) in [5, 5.41) is 0. The van der Waals surface area contributed by atoms with Crippen LogP contribution in [0, 0.1) is 6.92 Å². The zero-order valence-corrected chi connectivity index (χ0v) is 10.8. The smallest absolute Gasteiger partial charge is 0.305 e. The zero-order valence-electron chi connectivity index (χ0n) is 10.8. The van der Waals surface area contributed by atoms with Gasteiger partial charge < -0.3 is 9.64 Å². The highest BCUT2D eigenvalue weighted by molar-refractivity contribution is 5.69. The van der Waals surface area contributed by atoms with Crippen LogP contribution in [0.25, 0.3) is 0 Å². The van der Waals surface area contributed by atoms with Gasteiger partial charge >= 0.3 is 5.97 Å². The van der Waals surface area contributed by atoms with Crippen LogP contribution in [-0.2, 0) is 16.1 Å². The Bertz CT molecular complexity index is 366. The molecule has 0 atom stereocenters. The zero-order chi connectivity index (χ0) is 12.7. The summed E-state index contributed by atoms with van der Waals surface area (Å²) in [5.74, 6) is -0.143. The van der Waals surface area contributed by atoms with Crippen molar-refractivity contribution in [3.8, 4) is 0 Å². The van der Waals surface area contributed by atoms with E-state index in [-0.39, 0.29) is 5.97 Å². The second-order valence-electron chi connectivity index (χ2n) is 4.29. The number of aryl methyl sites for hydroxylation is 1. The van der Waals surface area contributed by atoms with Crippen molar-refractivity contribution in [2.75, 3.05) is 20.7 Å². The summed E-state index contributed by atoms with van der Waals surface area (Å²) < 4.78 is 4.60. The molecule has 0 aliphatic rings. The average Bonchev–Trinajstić information content (AvgIpc) is 2.28. The molecule has 0 bridgehead atoms. The van der Waals surface area contributed by atoms with E-state index in [0.717, 1.165) is 19.5 Å². The molecular weight excluding hydrogens is 216 g/mol. The maximum Gasteiger partial charge on any atom is 0.305 e. The molecule has 0 fully saturated rings. The van der Waals surface area contributed by atoms with Crippen LogP contribution >= 0.6 is 0 Å². The van der Waals surface area contributed by atoms with E-state index < -0.39 is 0 Å². The lowest BCUT2D eigenvalue weighted by molar-refractivity contribution is -0.140. The lowest BCUT2D eigenvalue weighted by Gasteiger charge is -2.16. The monoisotopic (exact) mass is 236 g/mol. The van der Waals surface area contributed by atoms with Gasteiger partial charge in [0.1, 0.15) is 0 Å². The third kappa shape index (κ3) is 5.45. The third-order valence-corrected chi connectivity index (χ3v) is 2.53. The van der Waals surface area contributed by atoms with Crippen molar-refractivity contribution in [1.82, 2.24) is 9.88 Å². The molecule has 4 heteroatoms. The predicted octanol–water partition coefficient (Wildman–Crippen LogP) is 1.78. The van der Waals surface area contributed by atoms with Crippen molar-refractivity contribution in [1.29, 1.82) is 0 Å². The molecule has 1 heterocycles. The van der Waals surface area contributed by atoms with Crippen molar-refractivity contribution in [2.24, 2.45) is 0 Å². The van der Waals surface area contributed by atoms with E-state index in [1.807, 2.05) is 26.4 Å². The minimum absolute atomic E-state index is 0.143. The summed E-state index contributed by atoms with van der Waals surface area (Å²) in [6.07, 6.45) is 5.03. The standard InChI is InChI=1S/C13H20N2O2/c1-11-7-12(9-14-8-11)10-15(2)6-4-5-13(16)17-3/h7-9H,4-6,10H2,1-3H3. The number of hydrogen-bond acceptors (Lipinski definition) is 4. The Labute approximate surface area is 103 Å². The Morgan fingerprint density at radius 2 is 2.24 bits per heavy atom. The summed E-state index contributed by atoms with van der Waals surface area (Å²) in [4.78, 5) is 17.3. The van der Waals surface area contributed by atoms with E-state index in [9.17, 15) is 4.79 Å². The Morgan fingerprint density at radius 1 is 1.47 bits per heavy atom. The molecule has 0 N–H and O–H groups in total. The molecule has 0 saturated carbocycles. The number of aromatic nitrogens is 1. The molecule has 1 rings (SSSR count). The van der Waals surface area contributed by atoms with Crippen LogP contribution in [0.1, 0.15) is 24.0 Å². The minimum atomic E-state index is -0.143. The van der Waals surface area contributed by atoms with Crippen LogP contribution in [0.15, 0.2) is 18.5 Å². The molecule has 0 aliphatic heterocycles. The van der Waals surface area contributed by atoms with Gasteiger partial charge in [-0.2, -0.15) is 0 Å². The normalized spacial score (nSPS) is 10.6. The van der Waals surface area contributed by atoms with E-state index >= 15 is 0 Å². The number of carbonyl (C=O) groups is 1. The van der Waals surface area contributed by atoms with Gasteiger partial charge in [0.05, 0.1) is 7.11 Å². The van der Waals surface area contributed by atoms with E-state index in [1.54, 1.807) is 0 Å². The Kier molecular flexibility index (Phi) is 5.63. The minimum Gasteiger partial charge on any atom is -0.469 e. The summed E-state index contributed by atoms with van der Waals surface area (Å²) in [6, 6.07) is 2.13. The number of pyridine rings is 1. The number of methoxy groups -OCH3 is 1. The first-order valence-electron chi connectivity index (χ1n) is 5.77. The van der Waals surface area contributed by atoms with Gasteiger partial charge in [-0.25, -0.2) is 0 Å². The molecule has 0 radical (unpaired) electrons. The predicted molar refractivity (Wildman–Crippen MR) is 66.6 cm³/mol. The van der Waals surface area contributed by atoms with Crippen molar-refractivity contribution in [3.05, 3.63) is 29.6 Å². The quantitative estimate of drug-likeness (QED) is 0.706. The number of nitrogens with zero attached hydrogens (tertiary/aromatic N) is 2. The molecule has 4 nitrogen and oxygen atoms in total. The number of carbonyl (C=O) groups excluding carboxylic acids is 1. The fourth-order valence-corrected chi connectivity index (χ4v) is 1.69. The highest BCUT2D eigenvalue weighted by Gasteiger charge is 2.04. The number of hydrogen-bond donors (Lipinski definition) is 0. The van der Waals surface area contributed by atoms with Gasteiger partial charge in [0.15, 0.2) is 0 Å². The molecule has 1 aromatic heterocycles. The molecule has 17 heavy (non-hydrogen) atoms. The van der Waals surface area contributed by atoms with Gasteiger partial charge in [-0.15, -0.1) is 0 Å². The summed E-state index contributed by atoms with van der Waals surface area (Å²) in [7, 11) is 3.46. The Hall–Kier alpha value is -1.42. The number of esters is 1. The van der Waals surface area contributed by atoms with Crippen LogP contribution in [0.3, 0.4) is 0 Å². The maximum atomic E-state index is 10.9. The van der Waals surface area contributed by atoms with E-state index in [0.29, 0.717) is 6.42 Å². The van der Waals surface area contributed by atoms with Gasteiger partial charge in [0.2, 0.25) is 0 Å². The molecule has 1 aromatic rings. The molecular formula is C13H20N2O2. The number of ether oxygens (including phenoxy) is 1. The first-order valence-corrected chi connectivity index (χ1v) is 5.77. The summed E-state index contributed by atoms with van der Waals surface area (Å²) in [5.41, 5.74) is 2.37. The second-order valence-corrected chi connectivity index (χ2v) is 4.29. The van der Waals surface area contributed by atoms with Crippen molar-refractivity contribution < 1.29 is 9.53 Å². The first kappa shape index (κ1) is 13.6. The van der Waals surface area contributed by atoms with Gasteiger partial charge in [0, 0.05) is 25.4 Å². The largest absolute Gasteiger partial charge is 0.469 e. The van der Waals surface area contributed by atoms with E-state index in [1.165, 1.54) is 18.2 Å². The Morgan fingerprint density at radius 3 is 2.88 bits per heavy atom. The van der Waals surface area contributed by atoms with Crippen molar-refractivity contribution in [3.63, 3.8) is 0 Å². The van der Waals surface area contributed by atoms with Crippen molar-refractivity contribution >= 4 is 5.97 Å².